The van der Waals surface area contributed by atoms with E-state index in [1.165, 1.54) is 17.4 Å². The molecule has 0 atom stereocenters. The molecule has 0 aliphatic heterocycles. The van der Waals surface area contributed by atoms with Crippen LogP contribution in [0.4, 0.5) is 4.79 Å². The van der Waals surface area contributed by atoms with Crippen molar-refractivity contribution in [3.05, 3.63) is 78.5 Å². The molecule has 0 bridgehead atoms. The van der Waals surface area contributed by atoms with E-state index in [9.17, 15) is 9.59 Å². The third kappa shape index (κ3) is 5.74. The number of carbonyl (C=O) groups is 2. The van der Waals surface area contributed by atoms with Crippen LogP contribution in [0.2, 0.25) is 0 Å². The first kappa shape index (κ1) is 26.1. The number of aromatic nitrogens is 2. The van der Waals surface area contributed by atoms with Gasteiger partial charge in [-0.25, -0.2) is 9.48 Å². The first-order valence-electron chi connectivity index (χ1n) is 14.6. The van der Waals surface area contributed by atoms with Gasteiger partial charge >= 0.3 is 6.03 Å². The average molecular weight is 537 g/mol. The molecule has 2 aliphatic carbocycles. The van der Waals surface area contributed by atoms with E-state index < -0.39 is 0 Å². The molecule has 1 N–H and O–H groups in total. The van der Waals surface area contributed by atoms with Crippen LogP contribution in [0.15, 0.2) is 77.4 Å². The Labute approximate surface area is 234 Å². The number of imide groups is 1. The highest BCUT2D eigenvalue weighted by atomic mass is 16.3. The van der Waals surface area contributed by atoms with Gasteiger partial charge in [0.2, 0.25) is 0 Å². The number of hydrogen-bond acceptors (Lipinski definition) is 4. The number of furan rings is 1. The Morgan fingerprint density at radius 2 is 1.60 bits per heavy atom. The lowest BCUT2D eigenvalue weighted by molar-refractivity contribution is -0.125. The Kier molecular flexibility index (Phi) is 7.80. The fraction of sp³-hybridized carbons (Fsp3) is 0.364. The lowest BCUT2D eigenvalue weighted by atomic mass is 9.93. The van der Waals surface area contributed by atoms with Crippen LogP contribution < -0.4 is 5.32 Å². The van der Waals surface area contributed by atoms with Crippen molar-refractivity contribution in [1.82, 2.24) is 20.0 Å². The van der Waals surface area contributed by atoms with Gasteiger partial charge in [0, 0.05) is 35.3 Å². The fourth-order valence-corrected chi connectivity index (χ4v) is 6.03. The van der Waals surface area contributed by atoms with Crippen LogP contribution in [0.1, 0.15) is 69.8 Å². The molecule has 0 unspecified atom stereocenters. The maximum absolute atomic E-state index is 13.7. The summed E-state index contributed by atoms with van der Waals surface area (Å²) >= 11 is 0. The van der Waals surface area contributed by atoms with Crippen molar-refractivity contribution in [2.24, 2.45) is 0 Å². The monoisotopic (exact) mass is 536 g/mol. The van der Waals surface area contributed by atoms with Crippen molar-refractivity contribution >= 4 is 29.0 Å². The molecule has 7 nitrogen and oxygen atoms in total. The topological polar surface area (TPSA) is 80.4 Å². The number of para-hydroxylation sites is 2. The van der Waals surface area contributed by atoms with Gasteiger partial charge in [0.15, 0.2) is 5.76 Å². The highest BCUT2D eigenvalue weighted by Gasteiger charge is 2.31. The fourth-order valence-electron chi connectivity index (χ4n) is 6.03. The van der Waals surface area contributed by atoms with Crippen LogP contribution in [0.3, 0.4) is 0 Å². The van der Waals surface area contributed by atoms with Crippen molar-refractivity contribution in [3.8, 4) is 17.1 Å². The Morgan fingerprint density at radius 3 is 2.35 bits per heavy atom. The van der Waals surface area contributed by atoms with Gasteiger partial charge in [0.05, 0.1) is 5.69 Å². The minimum Gasteiger partial charge on any atom is -0.454 e. The number of benzene rings is 2. The largest absolute Gasteiger partial charge is 0.454 e. The summed E-state index contributed by atoms with van der Waals surface area (Å²) in [5.41, 5.74) is 3.06. The van der Waals surface area contributed by atoms with Gasteiger partial charge in [0.1, 0.15) is 11.3 Å². The lowest BCUT2D eigenvalue weighted by Crippen LogP contribution is -2.52. The zero-order chi connectivity index (χ0) is 27.3. The van der Waals surface area contributed by atoms with Gasteiger partial charge in [-0.15, -0.1) is 0 Å². The van der Waals surface area contributed by atoms with Gasteiger partial charge in [0.25, 0.3) is 5.91 Å². The summed E-state index contributed by atoms with van der Waals surface area (Å²) in [5, 5.41) is 9.00. The molecule has 2 aliphatic rings. The second-order valence-electron chi connectivity index (χ2n) is 11.0. The summed E-state index contributed by atoms with van der Waals surface area (Å²) < 4.78 is 7.94. The van der Waals surface area contributed by atoms with Crippen molar-refractivity contribution in [3.63, 3.8) is 0 Å². The molecule has 6 rings (SSSR count). The van der Waals surface area contributed by atoms with Crippen molar-refractivity contribution in [1.29, 1.82) is 0 Å². The van der Waals surface area contributed by atoms with E-state index in [-0.39, 0.29) is 24.0 Å². The van der Waals surface area contributed by atoms with E-state index >= 15 is 0 Å². The maximum atomic E-state index is 13.7. The van der Waals surface area contributed by atoms with E-state index in [0.29, 0.717) is 11.5 Å². The highest BCUT2D eigenvalue weighted by molar-refractivity contribution is 6.03. The van der Waals surface area contributed by atoms with Gasteiger partial charge in [-0.3, -0.25) is 9.69 Å². The standard InChI is InChI=1S/C33H36N4O3/c38-31(37(28-17-8-3-9-18-28)33(39)34-26-13-4-1-5-14-26)21-20-25-23-36(27-15-6-2-7-16-27)35-32(25)30-22-24-12-10-11-19-29(24)40-30/h2,6-7,10-12,15-16,19-23,26,28H,1,3-5,8-9,13-14,17-18H2,(H,34,39)/b21-20+. The molecule has 7 heteroatoms. The molecule has 0 saturated heterocycles. The first-order valence-corrected chi connectivity index (χ1v) is 14.6. The molecule has 0 spiro atoms. The van der Waals surface area contributed by atoms with Gasteiger partial charge in [-0.2, -0.15) is 5.10 Å². The molecule has 0 radical (unpaired) electrons. The van der Waals surface area contributed by atoms with Crippen molar-refractivity contribution < 1.29 is 14.0 Å². The lowest BCUT2D eigenvalue weighted by Gasteiger charge is -2.34. The Hall–Kier alpha value is -4.13. The predicted molar refractivity (Wildman–Crippen MR) is 157 cm³/mol. The Bertz CT molecular complexity index is 1460. The van der Waals surface area contributed by atoms with Gasteiger partial charge < -0.3 is 9.73 Å². The van der Waals surface area contributed by atoms with Crippen LogP contribution in [0.25, 0.3) is 34.2 Å². The summed E-state index contributed by atoms with van der Waals surface area (Å²) in [6, 6.07) is 19.5. The molecule has 206 valence electrons. The first-order chi connectivity index (χ1) is 19.7. The average Bonchev–Trinajstić information content (AvgIpc) is 3.62. The van der Waals surface area contributed by atoms with Gasteiger partial charge in [-0.1, -0.05) is 74.9 Å². The Morgan fingerprint density at radius 1 is 0.900 bits per heavy atom. The SMILES string of the molecule is O=C(/C=C/c1cn(-c2ccccc2)nc1-c1cc2ccccc2o1)N(C(=O)NC1CCCCC1)C1CCCCC1. The number of carbonyl (C=O) groups excluding carboxylic acids is 2. The number of rotatable bonds is 6. The van der Waals surface area contributed by atoms with Crippen LogP contribution in [0.5, 0.6) is 0 Å². The van der Waals surface area contributed by atoms with E-state index in [4.69, 9.17) is 9.52 Å². The number of amides is 3. The smallest absolute Gasteiger partial charge is 0.324 e. The van der Waals surface area contributed by atoms with Crippen LogP contribution in [-0.4, -0.2) is 38.7 Å². The maximum Gasteiger partial charge on any atom is 0.324 e. The molecule has 2 heterocycles. The molecule has 2 fully saturated rings. The zero-order valence-corrected chi connectivity index (χ0v) is 22.8. The van der Waals surface area contributed by atoms with Crippen LogP contribution in [0, 0.1) is 0 Å². The summed E-state index contributed by atoms with van der Waals surface area (Å²) in [6.45, 7) is 0. The number of fused-ring (bicyclic) bond motifs is 1. The number of nitrogens with one attached hydrogen (secondary N) is 1. The second-order valence-corrected chi connectivity index (χ2v) is 11.0. The molecule has 2 saturated carbocycles. The summed E-state index contributed by atoms with van der Waals surface area (Å²) in [7, 11) is 0. The van der Waals surface area contributed by atoms with Crippen molar-refractivity contribution in [2.45, 2.75) is 76.3 Å². The normalized spacial score (nSPS) is 16.9. The van der Waals surface area contributed by atoms with Crippen LogP contribution >= 0.6 is 0 Å². The third-order valence-corrected chi connectivity index (χ3v) is 8.16. The Balaban J connectivity index is 1.31. The molecule has 2 aromatic heterocycles. The number of nitrogens with zero attached hydrogens (tertiary/aromatic N) is 3. The minimum absolute atomic E-state index is 0.0728. The van der Waals surface area contributed by atoms with Gasteiger partial charge in [-0.05, 0) is 56.0 Å². The van der Waals surface area contributed by atoms with Crippen LogP contribution in [-0.2, 0) is 4.79 Å². The molecule has 40 heavy (non-hydrogen) atoms. The quantitative estimate of drug-likeness (QED) is 0.259. The summed E-state index contributed by atoms with van der Waals surface area (Å²) in [6.07, 6.45) is 15.5. The van der Waals surface area contributed by atoms with E-state index in [2.05, 4.69) is 5.32 Å². The second kappa shape index (κ2) is 11.9. The number of urea groups is 1. The molecule has 4 aromatic rings. The molecular weight excluding hydrogens is 500 g/mol. The van der Waals surface area contributed by atoms with E-state index in [1.54, 1.807) is 10.8 Å². The number of hydrogen-bond donors (Lipinski definition) is 1. The highest BCUT2D eigenvalue weighted by Crippen LogP contribution is 2.31. The molecule has 3 amide bonds. The summed E-state index contributed by atoms with van der Waals surface area (Å²) in [5.74, 6) is 0.338. The van der Waals surface area contributed by atoms with Crippen molar-refractivity contribution in [2.75, 3.05) is 0 Å². The minimum atomic E-state index is -0.289. The third-order valence-electron chi connectivity index (χ3n) is 8.16. The van der Waals surface area contributed by atoms with E-state index in [0.717, 1.165) is 80.0 Å². The molecular formula is C33H36N4O3. The zero-order valence-electron chi connectivity index (χ0n) is 22.8. The van der Waals surface area contributed by atoms with E-state index in [1.807, 2.05) is 66.9 Å². The molecule has 2 aromatic carbocycles. The summed E-state index contributed by atoms with van der Waals surface area (Å²) in [4.78, 5) is 28.6. The predicted octanol–water partition coefficient (Wildman–Crippen LogP) is 7.50.